The minimum Gasteiger partial charge on any atom is -0.495 e. The summed E-state index contributed by atoms with van der Waals surface area (Å²) in [6, 6.07) is 11.1. The number of nitrogens with one attached hydrogen (secondary N) is 1. The van der Waals surface area contributed by atoms with Gasteiger partial charge < -0.3 is 14.8 Å². The molecule has 1 amide bonds. The molecule has 1 aliphatic rings. The number of carbonyl (C=O) groups excluding carboxylic acids is 1. The van der Waals surface area contributed by atoms with Gasteiger partial charge in [0.05, 0.1) is 17.7 Å². The second-order valence-electron chi connectivity index (χ2n) is 7.03. The van der Waals surface area contributed by atoms with Crippen molar-refractivity contribution < 1.29 is 22.7 Å². The second kappa shape index (κ2) is 9.68. The molecule has 1 aliphatic heterocycles. The highest BCUT2D eigenvalue weighted by molar-refractivity contribution is 7.89. The molecule has 0 aromatic heterocycles. The number of hydrogen-bond acceptors (Lipinski definition) is 5. The van der Waals surface area contributed by atoms with Crippen LogP contribution in [-0.4, -0.2) is 44.9 Å². The second-order valence-corrected chi connectivity index (χ2v) is 9.40. The lowest BCUT2D eigenvalue weighted by Gasteiger charge is -2.26. The Morgan fingerprint density at radius 3 is 2.40 bits per heavy atom. The third-order valence-electron chi connectivity index (χ3n) is 4.88. The molecular formula is C21H25ClN2O5S. The van der Waals surface area contributed by atoms with E-state index >= 15 is 0 Å². The van der Waals surface area contributed by atoms with Crippen LogP contribution in [0.15, 0.2) is 47.4 Å². The Kier molecular flexibility index (Phi) is 7.23. The molecule has 1 atom stereocenters. The third kappa shape index (κ3) is 5.24. The average Bonchev–Trinajstić information content (AvgIpc) is 2.75. The molecular weight excluding hydrogens is 428 g/mol. The average molecular weight is 453 g/mol. The summed E-state index contributed by atoms with van der Waals surface area (Å²) in [5.74, 6) is 0.422. The van der Waals surface area contributed by atoms with Crippen molar-refractivity contribution >= 4 is 33.2 Å². The van der Waals surface area contributed by atoms with Gasteiger partial charge in [0.15, 0.2) is 6.10 Å². The highest BCUT2D eigenvalue weighted by Gasteiger charge is 2.27. The molecule has 1 fully saturated rings. The number of ether oxygens (including phenoxy) is 2. The molecule has 7 nitrogen and oxygen atoms in total. The molecule has 0 bridgehead atoms. The van der Waals surface area contributed by atoms with Crippen LogP contribution in [0.2, 0.25) is 5.02 Å². The summed E-state index contributed by atoms with van der Waals surface area (Å²) in [6.45, 7) is 2.61. The van der Waals surface area contributed by atoms with Gasteiger partial charge in [-0.3, -0.25) is 4.79 Å². The van der Waals surface area contributed by atoms with Crippen molar-refractivity contribution in [2.75, 3.05) is 25.5 Å². The van der Waals surface area contributed by atoms with E-state index in [1.165, 1.54) is 29.6 Å². The summed E-state index contributed by atoms with van der Waals surface area (Å²) in [5, 5.41) is 3.28. The smallest absolute Gasteiger partial charge is 0.265 e. The maximum absolute atomic E-state index is 13.0. The Morgan fingerprint density at radius 1 is 1.10 bits per heavy atom. The van der Waals surface area contributed by atoms with Gasteiger partial charge in [0.1, 0.15) is 11.5 Å². The molecule has 0 unspecified atom stereocenters. The summed E-state index contributed by atoms with van der Waals surface area (Å²) in [6.07, 6.45) is 1.90. The zero-order valence-corrected chi connectivity index (χ0v) is 18.5. The number of amides is 1. The molecule has 0 radical (unpaired) electrons. The van der Waals surface area contributed by atoms with E-state index in [2.05, 4.69) is 5.32 Å². The predicted molar refractivity (Wildman–Crippen MR) is 116 cm³/mol. The first kappa shape index (κ1) is 22.4. The van der Waals surface area contributed by atoms with Crippen molar-refractivity contribution in [1.82, 2.24) is 4.31 Å². The lowest BCUT2D eigenvalue weighted by molar-refractivity contribution is -0.122. The molecule has 1 heterocycles. The van der Waals surface area contributed by atoms with Gasteiger partial charge in [-0.2, -0.15) is 4.31 Å². The number of halogens is 1. The number of sulfonamides is 1. The van der Waals surface area contributed by atoms with Crippen molar-refractivity contribution in [3.63, 3.8) is 0 Å². The molecule has 3 rings (SSSR count). The largest absolute Gasteiger partial charge is 0.495 e. The summed E-state index contributed by atoms with van der Waals surface area (Å²) >= 11 is 5.86. The SMILES string of the molecule is COc1ccc(S(=O)(=O)N2CCCCC2)cc1NC(=O)[C@@H](C)Oc1ccc(Cl)cc1. The van der Waals surface area contributed by atoms with E-state index in [-0.39, 0.29) is 10.6 Å². The highest BCUT2D eigenvalue weighted by atomic mass is 35.5. The van der Waals surface area contributed by atoms with Crippen LogP contribution in [0, 0.1) is 0 Å². The Hall–Kier alpha value is -2.29. The van der Waals surface area contributed by atoms with E-state index in [1.807, 2.05) is 0 Å². The van der Waals surface area contributed by atoms with Crippen molar-refractivity contribution in [2.24, 2.45) is 0 Å². The topological polar surface area (TPSA) is 84.9 Å². The van der Waals surface area contributed by atoms with E-state index in [9.17, 15) is 13.2 Å². The molecule has 1 N–H and O–H groups in total. The summed E-state index contributed by atoms with van der Waals surface area (Å²) in [5.41, 5.74) is 0.271. The van der Waals surface area contributed by atoms with Gasteiger partial charge in [-0.15, -0.1) is 0 Å². The number of piperidine rings is 1. The zero-order valence-electron chi connectivity index (χ0n) is 16.9. The van der Waals surface area contributed by atoms with Crippen LogP contribution in [-0.2, 0) is 14.8 Å². The molecule has 2 aromatic carbocycles. The standard InChI is InChI=1S/C21H25ClN2O5S/c1-15(29-17-8-6-16(22)7-9-17)21(25)23-19-14-18(10-11-20(19)28-2)30(26,27)24-12-4-3-5-13-24/h6-11,14-15H,3-5,12-13H2,1-2H3,(H,23,25)/t15-/m1/s1. The van der Waals surface area contributed by atoms with E-state index < -0.39 is 22.0 Å². The minimum atomic E-state index is -3.64. The highest BCUT2D eigenvalue weighted by Crippen LogP contribution is 2.30. The van der Waals surface area contributed by atoms with Crippen LogP contribution in [0.3, 0.4) is 0 Å². The number of benzene rings is 2. The number of hydrogen-bond donors (Lipinski definition) is 1. The van der Waals surface area contributed by atoms with Gasteiger partial charge >= 0.3 is 0 Å². The molecule has 1 saturated heterocycles. The van der Waals surface area contributed by atoms with E-state index in [0.29, 0.717) is 29.6 Å². The fourth-order valence-electron chi connectivity index (χ4n) is 3.20. The van der Waals surface area contributed by atoms with Crippen LogP contribution in [0.5, 0.6) is 11.5 Å². The van der Waals surface area contributed by atoms with Crippen molar-refractivity contribution in [3.05, 3.63) is 47.5 Å². The molecule has 30 heavy (non-hydrogen) atoms. The van der Waals surface area contributed by atoms with E-state index in [1.54, 1.807) is 31.2 Å². The van der Waals surface area contributed by atoms with Gasteiger partial charge in [-0.05, 0) is 62.2 Å². The fraction of sp³-hybridized carbons (Fsp3) is 0.381. The molecule has 0 saturated carbocycles. The van der Waals surface area contributed by atoms with Crippen LogP contribution < -0.4 is 14.8 Å². The van der Waals surface area contributed by atoms with Crippen molar-refractivity contribution in [1.29, 1.82) is 0 Å². The Balaban J connectivity index is 1.77. The molecule has 9 heteroatoms. The molecule has 162 valence electrons. The van der Waals surface area contributed by atoms with Gasteiger partial charge in [-0.1, -0.05) is 18.0 Å². The predicted octanol–water partition coefficient (Wildman–Crippen LogP) is 3.93. The van der Waals surface area contributed by atoms with Gasteiger partial charge in [0.2, 0.25) is 10.0 Å². The first-order valence-electron chi connectivity index (χ1n) is 9.72. The lowest BCUT2D eigenvalue weighted by Crippen LogP contribution is -2.35. The first-order chi connectivity index (χ1) is 14.3. The summed E-state index contributed by atoms with van der Waals surface area (Å²) < 4.78 is 38.3. The maximum Gasteiger partial charge on any atom is 0.265 e. The van der Waals surface area contributed by atoms with Crippen LogP contribution in [0.1, 0.15) is 26.2 Å². The summed E-state index contributed by atoms with van der Waals surface area (Å²) in [4.78, 5) is 12.8. The maximum atomic E-state index is 13.0. The van der Waals surface area contributed by atoms with Crippen molar-refractivity contribution in [3.8, 4) is 11.5 Å². The van der Waals surface area contributed by atoms with Crippen LogP contribution >= 0.6 is 11.6 Å². The third-order valence-corrected chi connectivity index (χ3v) is 7.02. The number of anilines is 1. The van der Waals surface area contributed by atoms with Crippen LogP contribution in [0.4, 0.5) is 5.69 Å². The quantitative estimate of drug-likeness (QED) is 0.688. The Bertz CT molecular complexity index is 989. The first-order valence-corrected chi connectivity index (χ1v) is 11.5. The normalized spacial score (nSPS) is 16.0. The molecule has 0 aliphatic carbocycles. The van der Waals surface area contributed by atoms with Gasteiger partial charge in [-0.25, -0.2) is 8.42 Å². The van der Waals surface area contributed by atoms with Crippen molar-refractivity contribution in [2.45, 2.75) is 37.2 Å². The van der Waals surface area contributed by atoms with E-state index in [0.717, 1.165) is 19.3 Å². The minimum absolute atomic E-state index is 0.117. The zero-order chi connectivity index (χ0) is 21.7. The van der Waals surface area contributed by atoms with Gasteiger partial charge in [0, 0.05) is 18.1 Å². The molecule has 0 spiro atoms. The lowest BCUT2D eigenvalue weighted by atomic mass is 10.2. The number of rotatable bonds is 7. The number of nitrogens with zero attached hydrogens (tertiary/aromatic N) is 1. The Morgan fingerprint density at radius 2 is 1.77 bits per heavy atom. The van der Waals surface area contributed by atoms with Crippen LogP contribution in [0.25, 0.3) is 0 Å². The van der Waals surface area contributed by atoms with Gasteiger partial charge in [0.25, 0.3) is 5.91 Å². The number of methoxy groups -OCH3 is 1. The molecule has 2 aromatic rings. The monoisotopic (exact) mass is 452 g/mol. The van der Waals surface area contributed by atoms with E-state index in [4.69, 9.17) is 21.1 Å². The fourth-order valence-corrected chi connectivity index (χ4v) is 4.87. The summed E-state index contributed by atoms with van der Waals surface area (Å²) in [7, 11) is -2.18. The number of carbonyl (C=O) groups is 1. The Labute approximate surface area is 182 Å².